The third-order valence-corrected chi connectivity index (χ3v) is 6.29. The van der Waals surface area contributed by atoms with Crippen molar-refractivity contribution in [3.8, 4) is 5.88 Å². The van der Waals surface area contributed by atoms with Gasteiger partial charge in [-0.2, -0.15) is 4.98 Å². The van der Waals surface area contributed by atoms with Crippen molar-refractivity contribution in [1.29, 1.82) is 0 Å². The van der Waals surface area contributed by atoms with Gasteiger partial charge in [0.15, 0.2) is 0 Å². The summed E-state index contributed by atoms with van der Waals surface area (Å²) in [5.74, 6) is 1.68. The van der Waals surface area contributed by atoms with Crippen LogP contribution in [0.15, 0.2) is 24.3 Å². The summed E-state index contributed by atoms with van der Waals surface area (Å²) < 4.78 is 6.09. The molecule has 0 aliphatic carbocycles. The van der Waals surface area contributed by atoms with Crippen molar-refractivity contribution >= 4 is 11.6 Å². The van der Waals surface area contributed by atoms with Crippen molar-refractivity contribution in [3.63, 3.8) is 0 Å². The zero-order valence-corrected chi connectivity index (χ0v) is 15.8. The van der Waals surface area contributed by atoms with Crippen LogP contribution >= 0.6 is 0 Å². The molecule has 1 fully saturated rings. The highest BCUT2D eigenvalue weighted by Gasteiger charge is 2.48. The van der Waals surface area contributed by atoms with Crippen molar-refractivity contribution in [2.75, 3.05) is 25.0 Å². The normalized spacial score (nSPS) is 23.0. The van der Waals surface area contributed by atoms with Crippen LogP contribution in [0.2, 0.25) is 0 Å². The van der Waals surface area contributed by atoms with Crippen LogP contribution < -0.4 is 10.1 Å². The number of nitrogens with zero attached hydrogens (tertiary/aromatic N) is 3. The predicted octanol–water partition coefficient (Wildman–Crippen LogP) is 2.38. The van der Waals surface area contributed by atoms with Crippen LogP contribution in [-0.2, 0) is 16.6 Å². The Labute approximate surface area is 159 Å². The molecule has 1 aromatic carbocycles. The van der Waals surface area contributed by atoms with E-state index in [0.29, 0.717) is 0 Å². The van der Waals surface area contributed by atoms with Gasteiger partial charge in [-0.25, -0.2) is 4.98 Å². The van der Waals surface area contributed by atoms with E-state index in [1.165, 1.54) is 5.56 Å². The molecule has 6 nitrogen and oxygen atoms in total. The summed E-state index contributed by atoms with van der Waals surface area (Å²) >= 11 is 0. The van der Waals surface area contributed by atoms with Crippen LogP contribution in [0, 0.1) is 13.8 Å². The van der Waals surface area contributed by atoms with Crippen LogP contribution in [0.3, 0.4) is 0 Å². The smallest absolute Gasteiger partial charge is 0.235 e. The molecule has 5 rings (SSSR count). The molecule has 0 bridgehead atoms. The third kappa shape index (κ3) is 2.62. The molecule has 1 aromatic heterocycles. The van der Waals surface area contributed by atoms with Gasteiger partial charge in [-0.05, 0) is 51.4 Å². The van der Waals surface area contributed by atoms with Crippen molar-refractivity contribution in [2.45, 2.75) is 44.6 Å². The Morgan fingerprint density at radius 1 is 1.22 bits per heavy atom. The molecule has 1 N–H and O–H groups in total. The Balaban J connectivity index is 1.26. The highest BCUT2D eigenvalue weighted by Crippen LogP contribution is 2.44. The Morgan fingerprint density at radius 2 is 2.00 bits per heavy atom. The first-order valence-electron chi connectivity index (χ1n) is 9.69. The van der Waals surface area contributed by atoms with Crippen LogP contribution in [0.1, 0.15) is 35.5 Å². The van der Waals surface area contributed by atoms with E-state index in [1.807, 2.05) is 32.0 Å². The first-order chi connectivity index (χ1) is 13.0. The largest absolute Gasteiger partial charge is 0.472 e. The first kappa shape index (κ1) is 16.7. The number of aromatic nitrogens is 2. The van der Waals surface area contributed by atoms with Crippen molar-refractivity contribution < 1.29 is 9.53 Å². The molecule has 1 atom stereocenters. The number of benzene rings is 1. The molecule has 1 saturated heterocycles. The lowest BCUT2D eigenvalue weighted by atomic mass is 9.73. The molecule has 4 heterocycles. The average molecular weight is 364 g/mol. The van der Waals surface area contributed by atoms with Gasteiger partial charge in [-0.15, -0.1) is 0 Å². The molecule has 6 heteroatoms. The van der Waals surface area contributed by atoms with E-state index < -0.39 is 0 Å². The van der Waals surface area contributed by atoms with Gasteiger partial charge in [0.25, 0.3) is 0 Å². The van der Waals surface area contributed by atoms with E-state index in [4.69, 9.17) is 4.74 Å². The molecule has 1 unspecified atom stereocenters. The number of rotatable bonds is 2. The fraction of sp³-hybridized carbons (Fsp3) is 0.476. The van der Waals surface area contributed by atoms with Gasteiger partial charge in [0.05, 0.1) is 5.41 Å². The number of para-hydroxylation sites is 1. The second-order valence-corrected chi connectivity index (χ2v) is 7.97. The molecule has 3 aliphatic heterocycles. The highest BCUT2D eigenvalue weighted by molar-refractivity contribution is 6.06. The summed E-state index contributed by atoms with van der Waals surface area (Å²) in [6, 6.07) is 8.11. The zero-order chi connectivity index (χ0) is 18.6. The summed E-state index contributed by atoms with van der Waals surface area (Å²) in [6.45, 7) is 6.61. The van der Waals surface area contributed by atoms with E-state index >= 15 is 0 Å². The number of ether oxygens (including phenoxy) is 1. The van der Waals surface area contributed by atoms with Crippen LogP contribution in [0.5, 0.6) is 5.88 Å². The van der Waals surface area contributed by atoms with Crippen LogP contribution in [-0.4, -0.2) is 46.5 Å². The number of carbonyl (C=O) groups is 1. The van der Waals surface area contributed by atoms with Gasteiger partial charge in [-0.1, -0.05) is 18.2 Å². The number of piperidine rings is 1. The van der Waals surface area contributed by atoms with E-state index in [9.17, 15) is 4.79 Å². The molecule has 1 amide bonds. The summed E-state index contributed by atoms with van der Waals surface area (Å²) in [4.78, 5) is 24.0. The number of fused-ring (bicyclic) bond motifs is 3. The van der Waals surface area contributed by atoms with Gasteiger partial charge in [0.2, 0.25) is 11.8 Å². The number of anilines is 1. The van der Waals surface area contributed by atoms with Crippen LogP contribution in [0.25, 0.3) is 0 Å². The fourth-order valence-corrected chi connectivity index (χ4v) is 4.84. The van der Waals surface area contributed by atoms with Crippen LogP contribution in [0.4, 0.5) is 5.69 Å². The summed E-state index contributed by atoms with van der Waals surface area (Å²) in [7, 11) is 0. The second-order valence-electron chi connectivity index (χ2n) is 7.97. The fourth-order valence-electron chi connectivity index (χ4n) is 4.84. The Kier molecular flexibility index (Phi) is 3.72. The maximum absolute atomic E-state index is 12.7. The number of carbonyl (C=O) groups excluding carboxylic acids is 1. The number of hydrogen-bond donors (Lipinski definition) is 1. The molecule has 140 valence electrons. The number of nitrogens with one attached hydrogen (secondary N) is 1. The SMILES string of the molecule is Cc1nc(C)c2c(n1)OC(CN1CCC3(CC1)C(=O)Nc1ccccc13)C2. The molecule has 3 aliphatic rings. The van der Waals surface area contributed by atoms with Gasteiger partial charge in [-0.3, -0.25) is 9.69 Å². The monoisotopic (exact) mass is 364 g/mol. The molecule has 1 spiro atoms. The summed E-state index contributed by atoms with van der Waals surface area (Å²) in [5, 5.41) is 3.07. The van der Waals surface area contributed by atoms with E-state index in [1.54, 1.807) is 0 Å². The minimum Gasteiger partial charge on any atom is -0.472 e. The minimum atomic E-state index is -0.355. The van der Waals surface area contributed by atoms with Crippen molar-refractivity contribution in [1.82, 2.24) is 14.9 Å². The standard InChI is InChI=1S/C21H24N4O2/c1-13-16-11-15(27-19(16)23-14(2)22-13)12-25-9-7-21(8-10-25)17-5-3-4-6-18(17)24-20(21)26/h3-6,15H,7-12H2,1-2H3,(H,24,26). The maximum atomic E-state index is 12.7. The van der Waals surface area contributed by atoms with Gasteiger partial charge in [0, 0.05) is 29.9 Å². The van der Waals surface area contributed by atoms with Gasteiger partial charge in [0.1, 0.15) is 11.9 Å². The number of hydrogen-bond acceptors (Lipinski definition) is 5. The lowest BCUT2D eigenvalue weighted by Crippen LogP contribution is -2.48. The molecule has 0 radical (unpaired) electrons. The number of amides is 1. The third-order valence-electron chi connectivity index (χ3n) is 6.29. The summed E-state index contributed by atoms with van der Waals surface area (Å²) in [6.07, 6.45) is 2.70. The quantitative estimate of drug-likeness (QED) is 0.886. The zero-order valence-electron chi connectivity index (χ0n) is 15.8. The Hall–Kier alpha value is -2.47. The first-order valence-corrected chi connectivity index (χ1v) is 9.69. The lowest BCUT2D eigenvalue weighted by molar-refractivity contribution is -0.122. The number of aryl methyl sites for hydroxylation is 2. The molecule has 27 heavy (non-hydrogen) atoms. The molecule has 0 saturated carbocycles. The predicted molar refractivity (Wildman–Crippen MR) is 102 cm³/mol. The molecular weight excluding hydrogens is 340 g/mol. The van der Waals surface area contributed by atoms with Gasteiger partial charge >= 0.3 is 0 Å². The number of likely N-dealkylation sites (tertiary alicyclic amines) is 1. The minimum absolute atomic E-state index is 0.119. The molecule has 2 aromatic rings. The van der Waals surface area contributed by atoms with Crippen molar-refractivity contribution in [3.05, 3.63) is 46.9 Å². The topological polar surface area (TPSA) is 67.4 Å². The van der Waals surface area contributed by atoms with E-state index in [-0.39, 0.29) is 17.4 Å². The Morgan fingerprint density at radius 3 is 2.81 bits per heavy atom. The maximum Gasteiger partial charge on any atom is 0.235 e. The second kappa shape index (κ2) is 6.02. The van der Waals surface area contributed by atoms with Crippen molar-refractivity contribution in [2.24, 2.45) is 0 Å². The highest BCUT2D eigenvalue weighted by atomic mass is 16.5. The summed E-state index contributed by atoms with van der Waals surface area (Å²) in [5.41, 5.74) is 3.96. The molecular formula is C21H24N4O2. The van der Waals surface area contributed by atoms with Gasteiger partial charge < -0.3 is 10.1 Å². The lowest BCUT2D eigenvalue weighted by Gasteiger charge is -2.38. The van der Waals surface area contributed by atoms with E-state index in [0.717, 1.165) is 67.5 Å². The van der Waals surface area contributed by atoms with E-state index in [2.05, 4.69) is 26.3 Å². The Bertz CT molecular complexity index is 918. The average Bonchev–Trinajstić information content (AvgIpc) is 3.16.